The van der Waals surface area contributed by atoms with Crippen LogP contribution in [-0.4, -0.2) is 57.0 Å². The Bertz CT molecular complexity index is 452. The first-order chi connectivity index (χ1) is 10.2. The normalized spacial score (nSPS) is 21.2. The first kappa shape index (κ1) is 15.7. The minimum absolute atomic E-state index is 0.0793. The summed E-state index contributed by atoms with van der Waals surface area (Å²) in [5.74, 6) is 0.424. The summed E-state index contributed by atoms with van der Waals surface area (Å²) in [6.07, 6.45) is 2.34. The van der Waals surface area contributed by atoms with Crippen molar-refractivity contribution in [1.29, 1.82) is 0 Å². The second-order valence-electron chi connectivity index (χ2n) is 4.77. The van der Waals surface area contributed by atoms with Crippen LogP contribution in [0.4, 0.5) is 5.69 Å². The van der Waals surface area contributed by atoms with Crippen molar-refractivity contribution in [2.24, 2.45) is 0 Å². The second kappa shape index (κ2) is 7.92. The molecule has 116 valence electrons. The fourth-order valence-electron chi connectivity index (χ4n) is 2.08. The number of ether oxygens (including phenoxy) is 3. The predicted octanol–water partition coefficient (Wildman–Crippen LogP) is 0.422. The minimum Gasteiger partial charge on any atom is -0.475 e. The fourth-order valence-corrected chi connectivity index (χ4v) is 2.08. The maximum atomic E-state index is 12.1. The van der Waals surface area contributed by atoms with Crippen molar-refractivity contribution >= 4 is 11.6 Å². The molecule has 2 unspecified atom stereocenters. The lowest BCUT2D eigenvalue weighted by Crippen LogP contribution is -2.35. The number of carbonyl (C=O) groups excluding carboxylic acids is 1. The third kappa shape index (κ3) is 4.66. The first-order valence-electron chi connectivity index (χ1n) is 6.87. The summed E-state index contributed by atoms with van der Waals surface area (Å²) in [6, 6.07) is 3.24. The summed E-state index contributed by atoms with van der Waals surface area (Å²) >= 11 is 0. The minimum atomic E-state index is -0.229. The van der Waals surface area contributed by atoms with E-state index in [-0.39, 0.29) is 18.1 Å². The average Bonchev–Trinajstić information content (AvgIpc) is 2.98. The van der Waals surface area contributed by atoms with Gasteiger partial charge in [0.25, 0.3) is 0 Å². The lowest BCUT2D eigenvalue weighted by atomic mass is 10.2. The van der Waals surface area contributed by atoms with Crippen molar-refractivity contribution in [3.63, 3.8) is 0 Å². The highest BCUT2D eigenvalue weighted by atomic mass is 16.5. The van der Waals surface area contributed by atoms with Gasteiger partial charge in [0.1, 0.15) is 6.61 Å². The Morgan fingerprint density at radius 1 is 1.43 bits per heavy atom. The highest BCUT2D eigenvalue weighted by molar-refractivity contribution is 5.94. The fraction of sp³-hybridized carbons (Fsp3) is 0.571. The van der Waals surface area contributed by atoms with E-state index < -0.39 is 0 Å². The lowest BCUT2D eigenvalue weighted by Gasteiger charge is -2.11. The largest absolute Gasteiger partial charge is 0.475 e. The monoisotopic (exact) mass is 295 g/mol. The molecule has 0 aromatic carbocycles. The van der Waals surface area contributed by atoms with Gasteiger partial charge in [-0.3, -0.25) is 4.79 Å². The van der Waals surface area contributed by atoms with E-state index in [0.29, 0.717) is 37.7 Å². The van der Waals surface area contributed by atoms with Gasteiger partial charge in [0.05, 0.1) is 30.6 Å². The SMILES string of the molecule is COCCOc1ccc(NC(=O)C2CC(OC)CN2)cn1. The van der Waals surface area contributed by atoms with Crippen molar-refractivity contribution in [1.82, 2.24) is 10.3 Å². The van der Waals surface area contributed by atoms with E-state index in [2.05, 4.69) is 15.6 Å². The van der Waals surface area contributed by atoms with Gasteiger partial charge in [-0.15, -0.1) is 0 Å². The molecule has 1 fully saturated rings. The van der Waals surface area contributed by atoms with Gasteiger partial charge < -0.3 is 24.8 Å². The number of hydrogen-bond donors (Lipinski definition) is 2. The van der Waals surface area contributed by atoms with Crippen LogP contribution in [0.5, 0.6) is 5.88 Å². The number of aromatic nitrogens is 1. The van der Waals surface area contributed by atoms with Gasteiger partial charge in [-0.2, -0.15) is 0 Å². The van der Waals surface area contributed by atoms with Gasteiger partial charge in [-0.1, -0.05) is 0 Å². The highest BCUT2D eigenvalue weighted by Crippen LogP contribution is 2.14. The molecule has 1 amide bonds. The van der Waals surface area contributed by atoms with Crippen molar-refractivity contribution < 1.29 is 19.0 Å². The van der Waals surface area contributed by atoms with Crippen molar-refractivity contribution in [2.75, 3.05) is 39.3 Å². The Kier molecular flexibility index (Phi) is 5.91. The molecule has 2 rings (SSSR count). The molecule has 7 heteroatoms. The predicted molar refractivity (Wildman–Crippen MR) is 77.4 cm³/mol. The smallest absolute Gasteiger partial charge is 0.241 e. The summed E-state index contributed by atoms with van der Waals surface area (Å²) in [5.41, 5.74) is 0.641. The van der Waals surface area contributed by atoms with E-state index in [4.69, 9.17) is 14.2 Å². The number of carbonyl (C=O) groups is 1. The molecule has 1 aliphatic heterocycles. The van der Waals surface area contributed by atoms with Crippen molar-refractivity contribution in [2.45, 2.75) is 18.6 Å². The number of anilines is 1. The Labute approximate surface area is 124 Å². The topological polar surface area (TPSA) is 81.7 Å². The molecule has 1 aliphatic rings. The van der Waals surface area contributed by atoms with E-state index in [9.17, 15) is 4.79 Å². The zero-order chi connectivity index (χ0) is 15.1. The number of amides is 1. The van der Waals surface area contributed by atoms with Crippen LogP contribution in [0.1, 0.15) is 6.42 Å². The summed E-state index contributed by atoms with van der Waals surface area (Å²) in [5, 5.41) is 5.95. The molecular weight excluding hydrogens is 274 g/mol. The van der Waals surface area contributed by atoms with E-state index in [1.165, 1.54) is 0 Å². The molecule has 0 spiro atoms. The third-order valence-corrected chi connectivity index (χ3v) is 3.28. The molecule has 0 bridgehead atoms. The number of pyridine rings is 1. The van der Waals surface area contributed by atoms with E-state index in [1.807, 2.05) is 0 Å². The average molecular weight is 295 g/mol. The molecule has 21 heavy (non-hydrogen) atoms. The highest BCUT2D eigenvalue weighted by Gasteiger charge is 2.29. The van der Waals surface area contributed by atoms with E-state index >= 15 is 0 Å². The summed E-state index contributed by atoms with van der Waals surface area (Å²) < 4.78 is 15.5. The molecule has 1 saturated heterocycles. The molecule has 0 aliphatic carbocycles. The Balaban J connectivity index is 1.81. The molecule has 2 N–H and O–H groups in total. The maximum absolute atomic E-state index is 12.1. The van der Waals surface area contributed by atoms with Crippen LogP contribution in [0.2, 0.25) is 0 Å². The van der Waals surface area contributed by atoms with Crippen LogP contribution < -0.4 is 15.4 Å². The number of nitrogens with zero attached hydrogens (tertiary/aromatic N) is 1. The van der Waals surface area contributed by atoms with Gasteiger partial charge in [0.15, 0.2) is 0 Å². The molecule has 0 radical (unpaired) electrons. The zero-order valence-electron chi connectivity index (χ0n) is 12.3. The van der Waals surface area contributed by atoms with Crippen LogP contribution in [-0.2, 0) is 14.3 Å². The summed E-state index contributed by atoms with van der Waals surface area (Å²) in [4.78, 5) is 16.2. The van der Waals surface area contributed by atoms with Crippen LogP contribution in [0.15, 0.2) is 18.3 Å². The molecular formula is C14H21N3O4. The molecule has 7 nitrogen and oxygen atoms in total. The van der Waals surface area contributed by atoms with E-state index in [0.717, 1.165) is 0 Å². The van der Waals surface area contributed by atoms with Crippen LogP contribution in [0, 0.1) is 0 Å². The maximum Gasteiger partial charge on any atom is 0.241 e. The van der Waals surface area contributed by atoms with Gasteiger partial charge in [0, 0.05) is 26.8 Å². The molecule has 2 heterocycles. The van der Waals surface area contributed by atoms with Gasteiger partial charge in [-0.25, -0.2) is 4.98 Å². The third-order valence-electron chi connectivity index (χ3n) is 3.28. The first-order valence-corrected chi connectivity index (χ1v) is 6.87. The van der Waals surface area contributed by atoms with Gasteiger partial charge in [0.2, 0.25) is 11.8 Å². The Hall–Kier alpha value is -1.70. The van der Waals surface area contributed by atoms with Crippen molar-refractivity contribution in [3.8, 4) is 5.88 Å². The quantitative estimate of drug-likeness (QED) is 0.710. The molecule has 1 aromatic rings. The van der Waals surface area contributed by atoms with E-state index in [1.54, 1.807) is 32.5 Å². The molecule has 0 saturated carbocycles. The standard InChI is InChI=1S/C14H21N3O4/c1-19-5-6-21-13-4-3-10(8-16-13)17-14(18)12-7-11(20-2)9-15-12/h3-4,8,11-12,15H,5-7,9H2,1-2H3,(H,17,18). The molecule has 2 atom stereocenters. The van der Waals surface area contributed by atoms with Crippen LogP contribution in [0.25, 0.3) is 0 Å². The Morgan fingerprint density at radius 3 is 2.90 bits per heavy atom. The summed E-state index contributed by atoms with van der Waals surface area (Å²) in [6.45, 7) is 1.65. The Morgan fingerprint density at radius 2 is 2.29 bits per heavy atom. The lowest BCUT2D eigenvalue weighted by molar-refractivity contribution is -0.118. The molecule has 1 aromatic heterocycles. The number of nitrogens with one attached hydrogen (secondary N) is 2. The second-order valence-corrected chi connectivity index (χ2v) is 4.77. The van der Waals surface area contributed by atoms with Crippen LogP contribution in [0.3, 0.4) is 0 Å². The summed E-state index contributed by atoms with van der Waals surface area (Å²) in [7, 11) is 3.26. The number of hydrogen-bond acceptors (Lipinski definition) is 6. The number of rotatable bonds is 7. The van der Waals surface area contributed by atoms with Crippen molar-refractivity contribution in [3.05, 3.63) is 18.3 Å². The number of methoxy groups -OCH3 is 2. The van der Waals surface area contributed by atoms with Gasteiger partial charge in [-0.05, 0) is 12.5 Å². The zero-order valence-corrected chi connectivity index (χ0v) is 12.3. The van der Waals surface area contributed by atoms with Crippen LogP contribution >= 0.6 is 0 Å². The van der Waals surface area contributed by atoms with Gasteiger partial charge >= 0.3 is 0 Å².